The quantitative estimate of drug-likeness (QED) is 0.616. The van der Waals surface area contributed by atoms with E-state index >= 15 is 0 Å². The molecule has 1 aromatic carbocycles. The highest BCUT2D eigenvalue weighted by Gasteiger charge is 2.28. The summed E-state index contributed by atoms with van der Waals surface area (Å²) >= 11 is 0. The van der Waals surface area contributed by atoms with Crippen LogP contribution in [-0.2, 0) is 16.1 Å². The molecule has 1 atom stereocenters. The molecule has 0 spiro atoms. The molecule has 0 radical (unpaired) electrons. The maximum atomic E-state index is 12.4. The van der Waals surface area contributed by atoms with Gasteiger partial charge in [-0.05, 0) is 30.2 Å². The van der Waals surface area contributed by atoms with Gasteiger partial charge in [0.05, 0.1) is 19.3 Å². The first kappa shape index (κ1) is 18.8. The monoisotopic (exact) mass is 412 g/mol. The number of anilines is 2. The summed E-state index contributed by atoms with van der Waals surface area (Å²) in [5, 5.41) is 15.3. The molecular formula is C19H24N8O3. The van der Waals surface area contributed by atoms with E-state index in [0.29, 0.717) is 31.7 Å². The lowest BCUT2D eigenvalue weighted by molar-refractivity contribution is -0.122. The van der Waals surface area contributed by atoms with Crippen LogP contribution in [0, 0.1) is 0 Å². The van der Waals surface area contributed by atoms with E-state index in [-0.39, 0.29) is 18.5 Å². The van der Waals surface area contributed by atoms with Gasteiger partial charge in [0.15, 0.2) is 5.58 Å². The van der Waals surface area contributed by atoms with Gasteiger partial charge in [0, 0.05) is 26.2 Å². The predicted octanol–water partition coefficient (Wildman–Crippen LogP) is 0.436. The summed E-state index contributed by atoms with van der Waals surface area (Å²) < 4.78 is 11.2. The van der Waals surface area contributed by atoms with Gasteiger partial charge >= 0.3 is 0 Å². The van der Waals surface area contributed by atoms with E-state index in [1.54, 1.807) is 0 Å². The number of benzene rings is 1. The lowest BCUT2D eigenvalue weighted by atomic mass is 10.2. The Morgan fingerprint density at radius 2 is 2.07 bits per heavy atom. The first-order valence-electron chi connectivity index (χ1n) is 10.3. The summed E-state index contributed by atoms with van der Waals surface area (Å²) in [6.07, 6.45) is 2.01. The number of rotatable bonds is 6. The van der Waals surface area contributed by atoms with Gasteiger partial charge in [0.2, 0.25) is 5.91 Å². The number of carbonyl (C=O) groups excluding carboxylic acids is 1. The zero-order valence-electron chi connectivity index (χ0n) is 16.6. The first-order chi connectivity index (χ1) is 14.8. The highest BCUT2D eigenvalue weighted by atomic mass is 16.5. The van der Waals surface area contributed by atoms with E-state index in [2.05, 4.69) is 30.6 Å². The van der Waals surface area contributed by atoms with Gasteiger partial charge in [-0.1, -0.05) is 17.2 Å². The molecule has 2 aliphatic heterocycles. The molecule has 2 aliphatic rings. The summed E-state index contributed by atoms with van der Waals surface area (Å²) in [4.78, 5) is 22.5. The van der Waals surface area contributed by atoms with Gasteiger partial charge in [-0.2, -0.15) is 9.78 Å². The Balaban J connectivity index is 1.16. The molecule has 30 heavy (non-hydrogen) atoms. The summed E-state index contributed by atoms with van der Waals surface area (Å²) in [5.74, 6) is 0.384. The molecule has 1 N–H and O–H groups in total. The molecule has 2 fully saturated rings. The Labute approximate surface area is 173 Å². The fourth-order valence-corrected chi connectivity index (χ4v) is 3.89. The highest BCUT2D eigenvalue weighted by Crippen LogP contribution is 2.27. The number of hydrogen-bond acceptors (Lipinski definition) is 9. The average Bonchev–Trinajstić information content (AvgIpc) is 3.51. The Kier molecular flexibility index (Phi) is 5.18. The van der Waals surface area contributed by atoms with Gasteiger partial charge in [0.1, 0.15) is 12.1 Å². The second kappa shape index (κ2) is 8.27. The van der Waals surface area contributed by atoms with Gasteiger partial charge < -0.3 is 24.3 Å². The summed E-state index contributed by atoms with van der Waals surface area (Å²) in [7, 11) is 0. The number of carbonyl (C=O) groups is 1. The number of aromatic nitrogens is 5. The van der Waals surface area contributed by atoms with Crippen LogP contribution < -0.4 is 15.1 Å². The van der Waals surface area contributed by atoms with E-state index in [4.69, 9.17) is 9.15 Å². The third-order valence-electron chi connectivity index (χ3n) is 5.46. The van der Waals surface area contributed by atoms with Crippen molar-refractivity contribution in [2.24, 2.45) is 0 Å². The Morgan fingerprint density at radius 3 is 2.93 bits per heavy atom. The molecule has 3 aromatic rings. The number of amides is 1. The predicted molar refractivity (Wildman–Crippen MR) is 108 cm³/mol. The van der Waals surface area contributed by atoms with Crippen molar-refractivity contribution < 1.29 is 13.9 Å². The number of nitrogens with zero attached hydrogens (tertiary/aromatic N) is 7. The van der Waals surface area contributed by atoms with Crippen molar-refractivity contribution in [3.8, 4) is 0 Å². The van der Waals surface area contributed by atoms with E-state index in [0.717, 1.165) is 43.6 Å². The number of oxazole rings is 1. The van der Waals surface area contributed by atoms with Crippen LogP contribution in [0.2, 0.25) is 0 Å². The molecule has 1 amide bonds. The molecular weight excluding hydrogens is 388 g/mol. The molecule has 2 aromatic heterocycles. The fourth-order valence-electron chi connectivity index (χ4n) is 3.89. The second-order valence-corrected chi connectivity index (χ2v) is 7.48. The summed E-state index contributed by atoms with van der Waals surface area (Å²) in [5.41, 5.74) is 1.62. The third kappa shape index (κ3) is 3.92. The lowest BCUT2D eigenvalue weighted by Crippen LogP contribution is -2.41. The number of ether oxygens (including phenoxy) is 1. The third-order valence-corrected chi connectivity index (χ3v) is 5.46. The minimum Gasteiger partial charge on any atom is -0.423 e. The molecule has 4 heterocycles. The van der Waals surface area contributed by atoms with Gasteiger partial charge in [-0.15, -0.1) is 5.10 Å². The van der Waals surface area contributed by atoms with Crippen LogP contribution in [0.25, 0.3) is 11.1 Å². The second-order valence-electron chi connectivity index (χ2n) is 7.48. The minimum atomic E-state index is -0.148. The van der Waals surface area contributed by atoms with E-state index in [9.17, 15) is 4.79 Å². The molecule has 11 heteroatoms. The van der Waals surface area contributed by atoms with Gasteiger partial charge in [-0.3, -0.25) is 4.79 Å². The topological polar surface area (TPSA) is 114 Å². The Hall–Kier alpha value is -3.21. The van der Waals surface area contributed by atoms with Crippen molar-refractivity contribution in [1.29, 1.82) is 0 Å². The number of nitrogens with one attached hydrogen (secondary N) is 1. The smallest absolute Gasteiger partial charge is 0.298 e. The largest absolute Gasteiger partial charge is 0.423 e. The van der Waals surface area contributed by atoms with Crippen LogP contribution in [0.5, 0.6) is 0 Å². The van der Waals surface area contributed by atoms with Crippen LogP contribution in [-0.4, -0.2) is 76.5 Å². The van der Waals surface area contributed by atoms with Crippen LogP contribution in [0.1, 0.15) is 12.8 Å². The first-order valence-corrected chi connectivity index (χ1v) is 10.3. The number of hydrogen-bond donors (Lipinski definition) is 1. The maximum Gasteiger partial charge on any atom is 0.298 e. The van der Waals surface area contributed by atoms with Crippen LogP contribution in [0.3, 0.4) is 0 Å². The Bertz CT molecular complexity index is 979. The highest BCUT2D eigenvalue weighted by molar-refractivity contribution is 5.76. The van der Waals surface area contributed by atoms with Crippen LogP contribution >= 0.6 is 0 Å². The van der Waals surface area contributed by atoms with Gasteiger partial charge in [0.25, 0.3) is 12.0 Å². The number of morpholine rings is 1. The van der Waals surface area contributed by atoms with Gasteiger partial charge in [-0.25, -0.2) is 0 Å². The van der Waals surface area contributed by atoms with E-state index in [1.807, 2.05) is 29.2 Å². The number of fused-ring (bicyclic) bond motifs is 1. The van der Waals surface area contributed by atoms with Crippen molar-refractivity contribution in [2.75, 3.05) is 49.2 Å². The van der Waals surface area contributed by atoms with Crippen molar-refractivity contribution in [2.45, 2.75) is 25.4 Å². The van der Waals surface area contributed by atoms with Crippen molar-refractivity contribution in [3.05, 3.63) is 24.3 Å². The zero-order valence-corrected chi connectivity index (χ0v) is 16.6. The van der Waals surface area contributed by atoms with Crippen molar-refractivity contribution in [1.82, 2.24) is 30.5 Å². The summed E-state index contributed by atoms with van der Waals surface area (Å²) in [6.45, 7) is 4.16. The number of para-hydroxylation sites is 2. The van der Waals surface area contributed by atoms with Crippen LogP contribution in [0.4, 0.5) is 12.0 Å². The Morgan fingerprint density at radius 1 is 1.20 bits per heavy atom. The molecule has 0 saturated carbocycles. The molecule has 158 valence electrons. The molecule has 0 bridgehead atoms. The molecule has 5 rings (SSSR count). The normalized spacial score (nSPS) is 19.5. The van der Waals surface area contributed by atoms with E-state index < -0.39 is 0 Å². The maximum absolute atomic E-state index is 12.4. The number of tetrazole rings is 1. The summed E-state index contributed by atoms with van der Waals surface area (Å²) in [6, 6.07) is 8.48. The SMILES string of the molecule is O=C(Cn1nnc(N2CCOCC2)n1)NCC1CCCN1c1nc2ccccc2o1. The molecule has 2 saturated heterocycles. The average molecular weight is 412 g/mol. The zero-order chi connectivity index (χ0) is 20.3. The van der Waals surface area contributed by atoms with Crippen LogP contribution in [0.15, 0.2) is 28.7 Å². The van der Waals surface area contributed by atoms with Crippen molar-refractivity contribution in [3.63, 3.8) is 0 Å². The van der Waals surface area contributed by atoms with E-state index in [1.165, 1.54) is 4.80 Å². The fraction of sp³-hybridized carbons (Fsp3) is 0.526. The lowest BCUT2D eigenvalue weighted by Gasteiger charge is -2.24. The molecule has 11 nitrogen and oxygen atoms in total. The molecule has 0 aliphatic carbocycles. The standard InChI is InChI=1S/C19H24N8O3/c28-17(13-27-23-18(22-24-27)25-8-10-29-11-9-25)20-12-14-4-3-7-26(14)19-21-15-5-1-2-6-16(15)30-19/h1-2,5-6,14H,3-4,7-13H2,(H,20,28). The molecule has 1 unspecified atom stereocenters. The van der Waals surface area contributed by atoms with Crippen molar-refractivity contribution >= 4 is 29.0 Å². The minimum absolute atomic E-state index is 0.0347.